The fourth-order valence-electron chi connectivity index (χ4n) is 1.19. The van der Waals surface area contributed by atoms with Gasteiger partial charge in [-0.1, -0.05) is 19.8 Å². The molecule has 92 valence electrons. The van der Waals surface area contributed by atoms with E-state index in [1.54, 1.807) is 11.8 Å². The van der Waals surface area contributed by atoms with E-state index >= 15 is 0 Å². The van der Waals surface area contributed by atoms with Crippen molar-refractivity contribution in [2.45, 2.75) is 38.6 Å². The predicted molar refractivity (Wildman–Crippen MR) is 70.8 cm³/mol. The molecule has 1 atom stereocenters. The van der Waals surface area contributed by atoms with Crippen molar-refractivity contribution in [3.05, 3.63) is 0 Å². The second-order valence-electron chi connectivity index (χ2n) is 3.39. The first-order valence-electron chi connectivity index (χ1n) is 5.23. The first-order chi connectivity index (χ1) is 6.74. The summed E-state index contributed by atoms with van der Waals surface area (Å²) in [6, 6.07) is 0.171. The molecule has 0 bridgehead atoms. The summed E-state index contributed by atoms with van der Waals surface area (Å²) in [6.45, 7) is 2.69. The minimum atomic E-state index is 0. The molecule has 0 aliphatic heterocycles. The monoisotopic (exact) mass is 254 g/mol. The van der Waals surface area contributed by atoms with Crippen LogP contribution in [-0.2, 0) is 4.79 Å². The van der Waals surface area contributed by atoms with Gasteiger partial charge in [-0.3, -0.25) is 4.79 Å². The molecule has 15 heavy (non-hydrogen) atoms. The van der Waals surface area contributed by atoms with Crippen LogP contribution in [0.1, 0.15) is 32.6 Å². The second kappa shape index (κ2) is 12.1. The number of carbonyl (C=O) groups excluding carboxylic acids is 1. The highest BCUT2D eigenvalue weighted by Crippen LogP contribution is 2.01. The van der Waals surface area contributed by atoms with Crippen LogP contribution < -0.4 is 11.1 Å². The maximum absolute atomic E-state index is 11.4. The van der Waals surface area contributed by atoms with Gasteiger partial charge in [-0.25, -0.2) is 0 Å². The zero-order chi connectivity index (χ0) is 10.8. The summed E-state index contributed by atoms with van der Waals surface area (Å²) in [6.07, 6.45) is 5.88. The Bertz CT molecular complexity index is 158. The molecule has 0 aromatic carbocycles. The van der Waals surface area contributed by atoms with E-state index in [9.17, 15) is 4.79 Å². The number of hydrogen-bond acceptors (Lipinski definition) is 3. The van der Waals surface area contributed by atoms with Crippen LogP contribution in [0, 0.1) is 0 Å². The molecule has 0 rings (SSSR count). The molecule has 3 N–H and O–H groups in total. The lowest BCUT2D eigenvalue weighted by Gasteiger charge is -2.16. The highest BCUT2D eigenvalue weighted by atomic mass is 35.5. The molecular formula is C10H23ClN2OS. The van der Waals surface area contributed by atoms with Crippen molar-refractivity contribution >= 4 is 30.1 Å². The van der Waals surface area contributed by atoms with Gasteiger partial charge in [-0.2, -0.15) is 11.8 Å². The normalized spacial score (nSPS) is 11.7. The van der Waals surface area contributed by atoms with Gasteiger partial charge in [0.1, 0.15) is 0 Å². The number of amides is 1. The number of carbonyl (C=O) groups is 1. The van der Waals surface area contributed by atoms with Gasteiger partial charge < -0.3 is 11.1 Å². The molecule has 5 heteroatoms. The fourth-order valence-corrected chi connectivity index (χ4v) is 1.58. The number of thioether (sulfide) groups is 1. The Morgan fingerprint density at radius 2 is 2.20 bits per heavy atom. The van der Waals surface area contributed by atoms with Crippen molar-refractivity contribution in [1.82, 2.24) is 5.32 Å². The standard InChI is InChI=1S/C10H22N2OS.ClH/c1-3-4-5-9(8-11)12-10(13)6-7-14-2;/h9H,3-8,11H2,1-2H3,(H,12,13);1H. The lowest BCUT2D eigenvalue weighted by Crippen LogP contribution is -2.40. The highest BCUT2D eigenvalue weighted by molar-refractivity contribution is 7.98. The third-order valence-electron chi connectivity index (χ3n) is 2.09. The zero-order valence-electron chi connectivity index (χ0n) is 9.62. The van der Waals surface area contributed by atoms with E-state index in [0.717, 1.165) is 25.0 Å². The second-order valence-corrected chi connectivity index (χ2v) is 4.37. The van der Waals surface area contributed by atoms with Crippen molar-refractivity contribution in [3.8, 4) is 0 Å². The van der Waals surface area contributed by atoms with E-state index in [-0.39, 0.29) is 24.4 Å². The number of unbranched alkanes of at least 4 members (excludes halogenated alkanes) is 1. The lowest BCUT2D eigenvalue weighted by atomic mass is 10.1. The molecule has 1 unspecified atom stereocenters. The number of hydrogen-bond donors (Lipinski definition) is 2. The topological polar surface area (TPSA) is 55.1 Å². The highest BCUT2D eigenvalue weighted by Gasteiger charge is 2.09. The third kappa shape index (κ3) is 10.4. The van der Waals surface area contributed by atoms with Crippen molar-refractivity contribution in [2.75, 3.05) is 18.6 Å². The molecule has 0 aromatic heterocycles. The SMILES string of the molecule is CCCCC(CN)NC(=O)CCSC.Cl. The minimum absolute atomic E-state index is 0. The van der Waals surface area contributed by atoms with E-state index in [0.29, 0.717) is 13.0 Å². The molecule has 1 amide bonds. The van der Waals surface area contributed by atoms with E-state index in [1.165, 1.54) is 0 Å². The molecule has 0 spiro atoms. The molecule has 0 aliphatic rings. The average Bonchev–Trinajstić information content (AvgIpc) is 2.21. The molecule has 0 aliphatic carbocycles. The Balaban J connectivity index is 0. The van der Waals surface area contributed by atoms with E-state index < -0.39 is 0 Å². The van der Waals surface area contributed by atoms with Crippen LogP contribution in [0.5, 0.6) is 0 Å². The van der Waals surface area contributed by atoms with Crippen LogP contribution in [0.25, 0.3) is 0 Å². The molecule has 0 fully saturated rings. The van der Waals surface area contributed by atoms with Crippen molar-refractivity contribution in [1.29, 1.82) is 0 Å². The van der Waals surface area contributed by atoms with Gasteiger partial charge in [0, 0.05) is 24.8 Å². The summed E-state index contributed by atoms with van der Waals surface area (Å²) in [5.74, 6) is 1.02. The lowest BCUT2D eigenvalue weighted by molar-refractivity contribution is -0.121. The average molecular weight is 255 g/mol. The van der Waals surface area contributed by atoms with Gasteiger partial charge in [0.25, 0.3) is 0 Å². The summed E-state index contributed by atoms with van der Waals surface area (Å²) >= 11 is 1.69. The van der Waals surface area contributed by atoms with E-state index in [2.05, 4.69) is 12.2 Å². The van der Waals surface area contributed by atoms with Gasteiger partial charge in [0.2, 0.25) is 5.91 Å². The van der Waals surface area contributed by atoms with Gasteiger partial charge in [0.15, 0.2) is 0 Å². The van der Waals surface area contributed by atoms with E-state index in [1.807, 2.05) is 6.26 Å². The van der Waals surface area contributed by atoms with Crippen LogP contribution in [0.3, 0.4) is 0 Å². The molecule has 0 saturated carbocycles. The maximum Gasteiger partial charge on any atom is 0.221 e. The Labute approximate surface area is 103 Å². The summed E-state index contributed by atoms with van der Waals surface area (Å²) in [5, 5.41) is 2.96. The Morgan fingerprint density at radius 1 is 1.53 bits per heavy atom. The van der Waals surface area contributed by atoms with Crippen LogP contribution in [-0.4, -0.2) is 30.5 Å². The van der Waals surface area contributed by atoms with Crippen LogP contribution >= 0.6 is 24.2 Å². The first-order valence-corrected chi connectivity index (χ1v) is 6.62. The molecular weight excluding hydrogens is 232 g/mol. The van der Waals surface area contributed by atoms with Crippen LogP contribution in [0.2, 0.25) is 0 Å². The van der Waals surface area contributed by atoms with Gasteiger partial charge in [-0.05, 0) is 12.7 Å². The third-order valence-corrected chi connectivity index (χ3v) is 2.70. The fraction of sp³-hybridized carbons (Fsp3) is 0.900. The maximum atomic E-state index is 11.4. The van der Waals surface area contributed by atoms with Crippen LogP contribution in [0.15, 0.2) is 0 Å². The molecule has 0 radical (unpaired) electrons. The first kappa shape index (κ1) is 17.5. The van der Waals surface area contributed by atoms with Crippen LogP contribution in [0.4, 0.5) is 0 Å². The summed E-state index contributed by atoms with van der Waals surface area (Å²) in [7, 11) is 0. The van der Waals surface area contributed by atoms with Gasteiger partial charge in [0.05, 0.1) is 0 Å². The van der Waals surface area contributed by atoms with Crippen molar-refractivity contribution < 1.29 is 4.79 Å². The summed E-state index contributed by atoms with van der Waals surface area (Å²) < 4.78 is 0. The van der Waals surface area contributed by atoms with E-state index in [4.69, 9.17) is 5.73 Å². The minimum Gasteiger partial charge on any atom is -0.352 e. The Morgan fingerprint density at radius 3 is 2.67 bits per heavy atom. The van der Waals surface area contributed by atoms with Gasteiger partial charge in [-0.15, -0.1) is 12.4 Å². The van der Waals surface area contributed by atoms with Gasteiger partial charge >= 0.3 is 0 Å². The summed E-state index contributed by atoms with van der Waals surface area (Å²) in [5.41, 5.74) is 5.57. The quantitative estimate of drug-likeness (QED) is 0.695. The smallest absolute Gasteiger partial charge is 0.221 e. The number of halogens is 1. The van der Waals surface area contributed by atoms with Crippen molar-refractivity contribution in [2.24, 2.45) is 5.73 Å². The largest absolute Gasteiger partial charge is 0.352 e. The molecule has 0 saturated heterocycles. The van der Waals surface area contributed by atoms with Crippen molar-refractivity contribution in [3.63, 3.8) is 0 Å². The molecule has 0 heterocycles. The summed E-state index contributed by atoms with van der Waals surface area (Å²) in [4.78, 5) is 11.4. The Kier molecular flexibility index (Phi) is 14.1. The number of nitrogens with one attached hydrogen (secondary N) is 1. The Hall–Kier alpha value is 0.0700. The number of nitrogens with two attached hydrogens (primary N) is 1. The zero-order valence-corrected chi connectivity index (χ0v) is 11.3. The predicted octanol–water partition coefficient (Wildman–Crippen LogP) is 1.79. The molecule has 3 nitrogen and oxygen atoms in total. The molecule has 0 aromatic rings. The number of rotatable bonds is 8.